The Hall–Kier alpha value is -2.99. The van der Waals surface area contributed by atoms with Crippen LogP contribution in [0.15, 0.2) is 12.4 Å². The fourth-order valence-electron chi connectivity index (χ4n) is 7.60. The molecule has 12 heteroatoms. The van der Waals surface area contributed by atoms with Gasteiger partial charge in [0, 0.05) is 11.8 Å². The van der Waals surface area contributed by atoms with Gasteiger partial charge >= 0.3 is 18.0 Å². The topological polar surface area (TPSA) is 140 Å². The zero-order chi connectivity index (χ0) is 24.2. The maximum atomic E-state index is 13.5. The second-order valence-corrected chi connectivity index (χ2v) is 10.4. The van der Waals surface area contributed by atoms with Crippen LogP contribution in [0.2, 0.25) is 0 Å². The normalized spacial score (nSPS) is 41.3. The molecule has 6 aliphatic rings. The zero-order valence-electron chi connectivity index (χ0n) is 19.2. The summed E-state index contributed by atoms with van der Waals surface area (Å²) in [6, 6.07) is -0.169. The lowest BCUT2D eigenvalue weighted by Crippen LogP contribution is -2.73. The van der Waals surface area contributed by atoms with Gasteiger partial charge in [0.15, 0.2) is 12.4 Å². The predicted molar refractivity (Wildman–Crippen MR) is 112 cm³/mol. The van der Waals surface area contributed by atoms with Crippen molar-refractivity contribution >= 4 is 23.9 Å². The molecule has 3 saturated heterocycles. The fraction of sp³-hybridized carbons (Fsp3) is 0.696. The third-order valence-corrected chi connectivity index (χ3v) is 9.05. The number of amides is 2. The highest BCUT2D eigenvalue weighted by Gasteiger charge is 3.15. The molecule has 3 aliphatic carbocycles. The number of nitrogens with one attached hydrogen (secondary N) is 1. The molecule has 3 saturated carbocycles. The third kappa shape index (κ3) is 2.32. The Morgan fingerprint density at radius 2 is 2.03 bits per heavy atom. The summed E-state index contributed by atoms with van der Waals surface area (Å²) in [6.07, 6.45) is 6.14. The Bertz CT molecular complexity index is 1130. The van der Waals surface area contributed by atoms with E-state index in [0.29, 0.717) is 6.42 Å². The van der Waals surface area contributed by atoms with Gasteiger partial charge in [0.2, 0.25) is 5.91 Å². The minimum atomic E-state index is -1.01. The molecule has 7 rings (SSSR count). The number of H-pyrrole nitrogens is 1. The van der Waals surface area contributed by atoms with Gasteiger partial charge in [-0.1, -0.05) is 12.8 Å². The SMILES string of the molecule is CC1OC[C@@H](C(=O)OC(=O)CN2C(=O)[C@]34CC3(c3cn[nH]c3)[C@@]24N2C(=O)OC[C@@H]2C2CCCC2)O1. The lowest BCUT2D eigenvalue weighted by Gasteiger charge is -2.53. The first kappa shape index (κ1) is 21.3. The van der Waals surface area contributed by atoms with Crippen molar-refractivity contribution in [3.63, 3.8) is 0 Å². The summed E-state index contributed by atoms with van der Waals surface area (Å²) in [4.78, 5) is 54.9. The number of fused-ring (bicyclic) bond motifs is 1. The minimum Gasteiger partial charge on any atom is -0.447 e. The quantitative estimate of drug-likeness (QED) is 0.344. The molecular weight excluding hydrogens is 460 g/mol. The Labute approximate surface area is 200 Å². The summed E-state index contributed by atoms with van der Waals surface area (Å²) in [5, 5.41) is 6.88. The maximum Gasteiger partial charge on any atom is 0.412 e. The van der Waals surface area contributed by atoms with Gasteiger partial charge in [0.1, 0.15) is 24.2 Å². The van der Waals surface area contributed by atoms with Crippen LogP contribution < -0.4 is 0 Å². The van der Waals surface area contributed by atoms with Gasteiger partial charge in [0.25, 0.3) is 0 Å². The van der Waals surface area contributed by atoms with E-state index < -0.39 is 53.5 Å². The number of likely N-dealkylation sites (tertiary alicyclic amines) is 1. The standard InChI is InChI=1S/C23H26N4O8/c1-12-32-10-16(34-12)18(29)35-17(28)8-26-19(30)22-11-21(22,14-6-24-25-7-14)23(22,26)27-15(9-33-20(27)31)13-4-2-3-5-13/h6-7,12-13,15-16H,2-5,8-11H2,1H3,(H,24,25)/t12?,15-,16+,21?,22-,23+/m1/s1. The number of nitrogens with zero attached hydrogens (tertiary/aromatic N) is 3. The highest BCUT2D eigenvalue weighted by molar-refractivity contribution is 6.11. The van der Waals surface area contributed by atoms with Crippen LogP contribution in [0.1, 0.15) is 44.6 Å². The summed E-state index contributed by atoms with van der Waals surface area (Å²) in [7, 11) is 0. The van der Waals surface area contributed by atoms with E-state index in [4.69, 9.17) is 18.9 Å². The van der Waals surface area contributed by atoms with E-state index in [-0.39, 0.29) is 31.1 Å². The summed E-state index contributed by atoms with van der Waals surface area (Å²) in [5.74, 6) is -1.67. The first-order chi connectivity index (χ1) is 16.9. The number of piperidine rings is 1. The molecule has 6 atom stereocenters. The molecule has 12 nitrogen and oxygen atoms in total. The van der Waals surface area contributed by atoms with Crippen molar-refractivity contribution in [3.8, 4) is 0 Å². The van der Waals surface area contributed by atoms with E-state index in [0.717, 1.165) is 31.2 Å². The molecule has 1 aromatic heterocycles. The molecule has 186 valence electrons. The van der Waals surface area contributed by atoms with E-state index in [1.807, 2.05) is 0 Å². The Morgan fingerprint density at radius 1 is 1.23 bits per heavy atom. The average molecular weight is 486 g/mol. The molecule has 4 heterocycles. The number of aromatic amines is 1. The van der Waals surface area contributed by atoms with E-state index in [2.05, 4.69) is 10.2 Å². The van der Waals surface area contributed by atoms with Gasteiger partial charge in [-0.3, -0.25) is 14.8 Å². The van der Waals surface area contributed by atoms with Crippen molar-refractivity contribution in [1.82, 2.24) is 20.0 Å². The number of cyclic esters (lactones) is 1. The molecule has 2 amide bonds. The van der Waals surface area contributed by atoms with Crippen molar-refractivity contribution in [2.45, 2.75) is 68.5 Å². The third-order valence-electron chi connectivity index (χ3n) is 9.05. The fourth-order valence-corrected chi connectivity index (χ4v) is 7.60. The van der Waals surface area contributed by atoms with E-state index in [1.165, 1.54) is 4.90 Å². The summed E-state index contributed by atoms with van der Waals surface area (Å²) in [6.45, 7) is 1.46. The maximum absolute atomic E-state index is 13.5. The molecule has 1 spiro atoms. The van der Waals surface area contributed by atoms with E-state index in [1.54, 1.807) is 24.2 Å². The van der Waals surface area contributed by atoms with Gasteiger partial charge in [0.05, 0.1) is 24.3 Å². The molecule has 3 aliphatic heterocycles. The highest BCUT2D eigenvalue weighted by atomic mass is 16.7. The number of esters is 2. The second-order valence-electron chi connectivity index (χ2n) is 10.4. The average Bonchev–Trinajstić information content (AvgIpc) is 3.35. The van der Waals surface area contributed by atoms with Crippen molar-refractivity contribution in [1.29, 1.82) is 0 Å². The van der Waals surface area contributed by atoms with Crippen LogP contribution in [-0.4, -0.2) is 87.8 Å². The van der Waals surface area contributed by atoms with Crippen LogP contribution in [0.25, 0.3) is 0 Å². The van der Waals surface area contributed by atoms with Crippen LogP contribution in [0.4, 0.5) is 4.79 Å². The molecule has 1 aromatic rings. The lowest BCUT2D eigenvalue weighted by molar-refractivity contribution is -0.183. The van der Waals surface area contributed by atoms with Crippen molar-refractivity contribution < 1.29 is 38.1 Å². The zero-order valence-corrected chi connectivity index (χ0v) is 19.2. The van der Waals surface area contributed by atoms with Crippen LogP contribution >= 0.6 is 0 Å². The molecule has 0 aromatic carbocycles. The van der Waals surface area contributed by atoms with Crippen LogP contribution in [0.5, 0.6) is 0 Å². The number of aromatic nitrogens is 2. The van der Waals surface area contributed by atoms with Gasteiger partial charge in [-0.15, -0.1) is 0 Å². The Kier molecular flexibility index (Phi) is 4.15. The van der Waals surface area contributed by atoms with Crippen molar-refractivity contribution in [2.24, 2.45) is 11.3 Å². The number of β-lactam (4-membered cyclic amide) rings is 1. The van der Waals surface area contributed by atoms with Gasteiger partial charge in [-0.25, -0.2) is 14.4 Å². The first-order valence-electron chi connectivity index (χ1n) is 12.2. The van der Waals surface area contributed by atoms with E-state index >= 15 is 0 Å². The molecule has 0 radical (unpaired) electrons. The number of carbonyl (C=O) groups excluding carboxylic acids is 4. The molecule has 6 fully saturated rings. The summed E-state index contributed by atoms with van der Waals surface area (Å²) in [5.41, 5.74) is -1.61. The first-order valence-corrected chi connectivity index (χ1v) is 12.2. The van der Waals surface area contributed by atoms with Gasteiger partial charge in [-0.2, -0.15) is 5.10 Å². The van der Waals surface area contributed by atoms with Crippen LogP contribution in [0.3, 0.4) is 0 Å². The summed E-state index contributed by atoms with van der Waals surface area (Å²) >= 11 is 0. The van der Waals surface area contributed by atoms with Gasteiger partial charge in [-0.05, 0) is 32.1 Å². The smallest absolute Gasteiger partial charge is 0.412 e. The Morgan fingerprint density at radius 3 is 2.71 bits per heavy atom. The molecule has 1 N–H and O–H groups in total. The molecule has 35 heavy (non-hydrogen) atoms. The highest BCUT2D eigenvalue weighted by Crippen LogP contribution is 2.99. The number of hydrogen-bond acceptors (Lipinski definition) is 9. The van der Waals surface area contributed by atoms with Crippen LogP contribution in [-0.2, 0) is 38.7 Å². The number of rotatable bonds is 6. The van der Waals surface area contributed by atoms with Crippen molar-refractivity contribution in [3.05, 3.63) is 18.0 Å². The largest absolute Gasteiger partial charge is 0.447 e. The Balaban J connectivity index is 1.19. The van der Waals surface area contributed by atoms with Crippen LogP contribution in [0, 0.1) is 11.3 Å². The number of hydrogen-bond donors (Lipinski definition) is 1. The van der Waals surface area contributed by atoms with E-state index in [9.17, 15) is 19.2 Å². The predicted octanol–water partition coefficient (Wildman–Crippen LogP) is 0.432. The number of carbonyl (C=O) groups is 4. The summed E-state index contributed by atoms with van der Waals surface area (Å²) < 4.78 is 21.0. The molecule has 2 unspecified atom stereocenters. The molecular formula is C23H26N4O8. The van der Waals surface area contributed by atoms with Gasteiger partial charge < -0.3 is 23.8 Å². The molecule has 0 bridgehead atoms. The van der Waals surface area contributed by atoms with Crippen molar-refractivity contribution in [2.75, 3.05) is 19.8 Å². The minimum absolute atomic E-state index is 0.00470. The monoisotopic (exact) mass is 486 g/mol. The number of ether oxygens (including phenoxy) is 4. The lowest BCUT2D eigenvalue weighted by atomic mass is 9.85. The second kappa shape index (κ2) is 6.82.